The van der Waals surface area contributed by atoms with Crippen LogP contribution in [0.5, 0.6) is 0 Å². The molecule has 10 heteroatoms. The van der Waals surface area contributed by atoms with Crippen molar-refractivity contribution in [1.29, 1.82) is 0 Å². The second-order valence-corrected chi connectivity index (χ2v) is 10.6. The van der Waals surface area contributed by atoms with Gasteiger partial charge in [0.15, 0.2) is 9.84 Å². The lowest BCUT2D eigenvalue weighted by Crippen LogP contribution is -2.35. The summed E-state index contributed by atoms with van der Waals surface area (Å²) in [4.78, 5) is 14.9. The van der Waals surface area contributed by atoms with Crippen LogP contribution in [0.25, 0.3) is 11.5 Å². The molecule has 1 fully saturated rings. The zero-order valence-corrected chi connectivity index (χ0v) is 19.7. The minimum absolute atomic E-state index is 0.0142. The predicted molar refractivity (Wildman–Crippen MR) is 124 cm³/mol. The van der Waals surface area contributed by atoms with Crippen molar-refractivity contribution in [2.75, 3.05) is 25.9 Å². The molecule has 0 atom stereocenters. The molecule has 2 heterocycles. The molecule has 2 aromatic carbocycles. The van der Waals surface area contributed by atoms with Crippen LogP contribution < -0.4 is 5.32 Å². The van der Waals surface area contributed by atoms with Crippen molar-refractivity contribution in [2.24, 2.45) is 5.92 Å². The van der Waals surface area contributed by atoms with E-state index in [4.69, 9.17) is 4.42 Å². The van der Waals surface area contributed by atoms with Crippen molar-refractivity contribution in [3.8, 4) is 11.5 Å². The first-order chi connectivity index (χ1) is 16.3. The van der Waals surface area contributed by atoms with Crippen LogP contribution in [0.2, 0.25) is 0 Å². The number of carbonyl (C=O) groups is 1. The van der Waals surface area contributed by atoms with Gasteiger partial charge in [0, 0.05) is 19.3 Å². The summed E-state index contributed by atoms with van der Waals surface area (Å²) in [5.74, 6) is -0.416. The molecular weight excluding hydrogens is 459 g/mol. The van der Waals surface area contributed by atoms with E-state index in [1.54, 1.807) is 18.2 Å². The number of benzene rings is 2. The van der Waals surface area contributed by atoms with Crippen LogP contribution in [-0.4, -0.2) is 55.3 Å². The van der Waals surface area contributed by atoms with E-state index in [0.29, 0.717) is 12.5 Å². The molecule has 1 aromatic heterocycles. The number of hydrogen-bond donors (Lipinski definition) is 1. The van der Waals surface area contributed by atoms with E-state index in [1.807, 2.05) is 12.1 Å². The third-order valence-corrected chi connectivity index (χ3v) is 7.16. The fraction of sp³-hybridized carbons (Fsp3) is 0.375. The highest BCUT2D eigenvalue weighted by Crippen LogP contribution is 2.26. The number of halogens is 1. The van der Waals surface area contributed by atoms with E-state index >= 15 is 0 Å². The maximum atomic E-state index is 13.1. The van der Waals surface area contributed by atoms with Gasteiger partial charge in [0.05, 0.1) is 10.5 Å². The number of carbonyl (C=O) groups excluding carboxylic acids is 1. The van der Waals surface area contributed by atoms with Crippen LogP contribution in [0.15, 0.2) is 57.8 Å². The van der Waals surface area contributed by atoms with E-state index in [-0.39, 0.29) is 28.1 Å². The Morgan fingerprint density at radius 1 is 1.12 bits per heavy atom. The number of piperidine rings is 1. The molecule has 1 aliphatic rings. The number of aromatic nitrogens is 2. The summed E-state index contributed by atoms with van der Waals surface area (Å²) in [5.41, 5.74) is 1.37. The quantitative estimate of drug-likeness (QED) is 0.521. The summed E-state index contributed by atoms with van der Waals surface area (Å²) in [5, 5.41) is 10.5. The number of nitrogens with zero attached hydrogens (tertiary/aromatic N) is 3. The summed E-state index contributed by atoms with van der Waals surface area (Å²) < 4.78 is 42.5. The molecule has 4 rings (SSSR count). The third kappa shape index (κ3) is 6.06. The van der Waals surface area contributed by atoms with Crippen molar-refractivity contribution >= 4 is 15.7 Å². The Morgan fingerprint density at radius 2 is 1.82 bits per heavy atom. The minimum Gasteiger partial charge on any atom is -0.412 e. The third-order valence-electron chi connectivity index (χ3n) is 6.00. The summed E-state index contributed by atoms with van der Waals surface area (Å²) in [6.07, 6.45) is 4.01. The van der Waals surface area contributed by atoms with Crippen molar-refractivity contribution in [2.45, 2.75) is 30.7 Å². The molecule has 1 N–H and O–H groups in total. The molecule has 34 heavy (non-hydrogen) atoms. The Bertz CT molecular complexity index is 1240. The van der Waals surface area contributed by atoms with E-state index in [0.717, 1.165) is 50.7 Å². The van der Waals surface area contributed by atoms with Gasteiger partial charge < -0.3 is 9.73 Å². The summed E-state index contributed by atoms with van der Waals surface area (Å²) in [6, 6.07) is 12.9. The van der Waals surface area contributed by atoms with Crippen LogP contribution >= 0.6 is 0 Å². The Hall–Kier alpha value is -3.11. The Balaban J connectivity index is 1.24. The summed E-state index contributed by atoms with van der Waals surface area (Å²) in [6.45, 7) is 3.22. The van der Waals surface area contributed by atoms with Gasteiger partial charge in [-0.3, -0.25) is 9.69 Å². The van der Waals surface area contributed by atoms with Gasteiger partial charge in [-0.1, -0.05) is 24.3 Å². The molecule has 0 unspecified atom stereocenters. The average molecular weight is 487 g/mol. The van der Waals surface area contributed by atoms with Gasteiger partial charge in [-0.25, -0.2) is 12.8 Å². The lowest BCUT2D eigenvalue weighted by atomic mass is 9.93. The number of likely N-dealkylation sites (tertiary alicyclic amines) is 1. The highest BCUT2D eigenvalue weighted by molar-refractivity contribution is 7.90. The first-order valence-corrected chi connectivity index (χ1v) is 13.1. The Labute approximate surface area is 198 Å². The number of amides is 1. The molecule has 8 nitrogen and oxygen atoms in total. The first kappa shape index (κ1) is 24.0. The van der Waals surface area contributed by atoms with Crippen molar-refractivity contribution in [1.82, 2.24) is 20.4 Å². The Kier molecular flexibility index (Phi) is 7.38. The summed E-state index contributed by atoms with van der Waals surface area (Å²) in [7, 11) is -3.49. The van der Waals surface area contributed by atoms with Crippen LogP contribution in [0.3, 0.4) is 0 Å². The van der Waals surface area contributed by atoms with Gasteiger partial charge in [0.2, 0.25) is 5.89 Å². The van der Waals surface area contributed by atoms with Gasteiger partial charge >= 0.3 is 11.8 Å². The molecule has 0 aliphatic carbocycles. The fourth-order valence-electron chi connectivity index (χ4n) is 4.14. The number of nitrogens with one attached hydrogen (secondary N) is 1. The van der Waals surface area contributed by atoms with Crippen molar-refractivity contribution in [3.63, 3.8) is 0 Å². The molecule has 1 saturated heterocycles. The van der Waals surface area contributed by atoms with E-state index in [1.165, 1.54) is 18.2 Å². The van der Waals surface area contributed by atoms with Crippen LogP contribution in [0, 0.1) is 11.7 Å². The second-order valence-electron chi connectivity index (χ2n) is 8.57. The standard InChI is InChI=1S/C24H27FN4O4S/c1-34(31,32)21-5-3-2-4-20(21)23-27-28-24(33-23)22(30)26-13-10-17-11-14-29(15-12-17)16-18-6-8-19(25)9-7-18/h2-9,17H,10-16H2,1H3,(H,26,30). The predicted octanol–water partition coefficient (Wildman–Crippen LogP) is 3.31. The normalized spacial score (nSPS) is 15.4. The van der Waals surface area contributed by atoms with Gasteiger partial charge in [-0.15, -0.1) is 10.2 Å². The molecular formula is C24H27FN4O4S. The largest absolute Gasteiger partial charge is 0.412 e. The Morgan fingerprint density at radius 3 is 2.53 bits per heavy atom. The molecule has 0 radical (unpaired) electrons. The van der Waals surface area contributed by atoms with E-state index in [9.17, 15) is 17.6 Å². The lowest BCUT2D eigenvalue weighted by Gasteiger charge is -2.32. The van der Waals surface area contributed by atoms with Crippen LogP contribution in [-0.2, 0) is 16.4 Å². The van der Waals surface area contributed by atoms with Crippen molar-refractivity contribution < 1.29 is 22.0 Å². The highest BCUT2D eigenvalue weighted by Gasteiger charge is 2.22. The van der Waals surface area contributed by atoms with Gasteiger partial charge in [0.25, 0.3) is 0 Å². The van der Waals surface area contributed by atoms with E-state index in [2.05, 4.69) is 20.4 Å². The second kappa shape index (κ2) is 10.4. The number of rotatable bonds is 8. The molecule has 0 saturated carbocycles. The van der Waals surface area contributed by atoms with Crippen LogP contribution in [0.1, 0.15) is 35.5 Å². The molecule has 1 amide bonds. The monoisotopic (exact) mass is 486 g/mol. The van der Waals surface area contributed by atoms with Crippen LogP contribution in [0.4, 0.5) is 4.39 Å². The lowest BCUT2D eigenvalue weighted by molar-refractivity contribution is 0.0913. The summed E-state index contributed by atoms with van der Waals surface area (Å²) >= 11 is 0. The van der Waals surface area contributed by atoms with Gasteiger partial charge in [0.1, 0.15) is 5.82 Å². The zero-order valence-electron chi connectivity index (χ0n) is 18.9. The molecule has 0 spiro atoms. The maximum absolute atomic E-state index is 13.1. The molecule has 1 aliphatic heterocycles. The minimum atomic E-state index is -3.49. The maximum Gasteiger partial charge on any atom is 0.308 e. The topological polar surface area (TPSA) is 105 Å². The van der Waals surface area contributed by atoms with E-state index < -0.39 is 15.7 Å². The van der Waals surface area contributed by atoms with Gasteiger partial charge in [-0.2, -0.15) is 0 Å². The number of sulfone groups is 1. The first-order valence-electron chi connectivity index (χ1n) is 11.2. The fourth-order valence-corrected chi connectivity index (χ4v) is 5.02. The number of hydrogen-bond acceptors (Lipinski definition) is 7. The molecule has 0 bridgehead atoms. The van der Waals surface area contributed by atoms with Crippen molar-refractivity contribution in [3.05, 3.63) is 65.8 Å². The van der Waals surface area contributed by atoms with Gasteiger partial charge in [-0.05, 0) is 68.1 Å². The highest BCUT2D eigenvalue weighted by atomic mass is 32.2. The molecule has 180 valence electrons. The molecule has 3 aromatic rings. The SMILES string of the molecule is CS(=O)(=O)c1ccccc1-c1nnc(C(=O)NCCC2CCN(Cc3ccc(F)cc3)CC2)o1. The zero-order chi connectivity index (χ0) is 24.1. The smallest absolute Gasteiger partial charge is 0.308 e. The average Bonchev–Trinajstić information content (AvgIpc) is 3.32.